The van der Waals surface area contributed by atoms with E-state index in [0.717, 1.165) is 11.8 Å². The van der Waals surface area contributed by atoms with Crippen molar-refractivity contribution >= 4 is 0 Å². The normalized spacial score (nSPS) is 19.0. The maximum Gasteiger partial charge on any atom is -0.0386 e. The molecule has 0 aromatic rings. The van der Waals surface area contributed by atoms with Crippen LogP contribution in [0.1, 0.15) is 104 Å². The molecule has 108 valence electrons. The maximum atomic E-state index is 2.33. The topological polar surface area (TPSA) is 0 Å². The highest BCUT2D eigenvalue weighted by Crippen LogP contribution is 2.35. The molecule has 0 aromatic carbocycles. The molecule has 18 heavy (non-hydrogen) atoms. The number of rotatable bonds is 10. The summed E-state index contributed by atoms with van der Waals surface area (Å²) >= 11 is 0. The summed E-state index contributed by atoms with van der Waals surface area (Å²) in [5.41, 5.74) is 0. The van der Waals surface area contributed by atoms with Crippen LogP contribution in [0.4, 0.5) is 0 Å². The summed E-state index contributed by atoms with van der Waals surface area (Å²) < 4.78 is 0. The quantitative estimate of drug-likeness (QED) is 0.378. The minimum absolute atomic E-state index is 1.08. The Kier molecular flexibility index (Phi) is 9.70. The van der Waals surface area contributed by atoms with Crippen molar-refractivity contribution in [2.45, 2.75) is 104 Å². The second-order valence-corrected chi connectivity index (χ2v) is 6.50. The molecule has 0 heteroatoms. The zero-order chi connectivity index (χ0) is 13.1. The molecule has 0 bridgehead atoms. The van der Waals surface area contributed by atoms with Gasteiger partial charge in [0.05, 0.1) is 0 Å². The van der Waals surface area contributed by atoms with Gasteiger partial charge in [-0.2, -0.15) is 0 Å². The SMILES string of the molecule is CCCCCCC(CCCCC)C1CCCCC1. The fraction of sp³-hybridized carbons (Fsp3) is 1.00. The van der Waals surface area contributed by atoms with E-state index in [1.54, 1.807) is 12.8 Å². The van der Waals surface area contributed by atoms with E-state index in [0.29, 0.717) is 0 Å². The van der Waals surface area contributed by atoms with Crippen LogP contribution < -0.4 is 0 Å². The van der Waals surface area contributed by atoms with Gasteiger partial charge in [-0.1, -0.05) is 104 Å². The summed E-state index contributed by atoms with van der Waals surface area (Å²) in [5.74, 6) is 2.17. The van der Waals surface area contributed by atoms with Gasteiger partial charge in [0, 0.05) is 0 Å². The van der Waals surface area contributed by atoms with Crippen molar-refractivity contribution in [3.05, 3.63) is 0 Å². The zero-order valence-corrected chi connectivity index (χ0v) is 13.1. The van der Waals surface area contributed by atoms with Gasteiger partial charge in [0.1, 0.15) is 0 Å². The average Bonchev–Trinajstić information content (AvgIpc) is 2.42. The van der Waals surface area contributed by atoms with Crippen molar-refractivity contribution in [1.82, 2.24) is 0 Å². The summed E-state index contributed by atoms with van der Waals surface area (Å²) in [4.78, 5) is 0. The monoisotopic (exact) mass is 252 g/mol. The molecule has 1 aliphatic rings. The lowest BCUT2D eigenvalue weighted by Crippen LogP contribution is -2.18. The first-order chi connectivity index (χ1) is 8.88. The molecule has 0 amide bonds. The molecule has 0 heterocycles. The van der Waals surface area contributed by atoms with Crippen LogP contribution in [0, 0.1) is 11.8 Å². The van der Waals surface area contributed by atoms with Crippen molar-refractivity contribution in [1.29, 1.82) is 0 Å². The van der Waals surface area contributed by atoms with E-state index < -0.39 is 0 Å². The maximum absolute atomic E-state index is 2.33. The van der Waals surface area contributed by atoms with Gasteiger partial charge in [0.15, 0.2) is 0 Å². The predicted octanol–water partition coefficient (Wildman–Crippen LogP) is 6.73. The fourth-order valence-corrected chi connectivity index (χ4v) is 3.71. The Hall–Kier alpha value is 0. The van der Waals surface area contributed by atoms with Gasteiger partial charge in [-0.3, -0.25) is 0 Å². The van der Waals surface area contributed by atoms with Crippen molar-refractivity contribution in [2.24, 2.45) is 11.8 Å². The van der Waals surface area contributed by atoms with Gasteiger partial charge in [0.2, 0.25) is 0 Å². The Bertz CT molecular complexity index is 167. The largest absolute Gasteiger partial charge is 0.0654 e. The van der Waals surface area contributed by atoms with Crippen LogP contribution in [-0.2, 0) is 0 Å². The van der Waals surface area contributed by atoms with Crippen LogP contribution in [0.25, 0.3) is 0 Å². The summed E-state index contributed by atoms with van der Waals surface area (Å²) in [7, 11) is 0. The molecule has 0 aliphatic heterocycles. The molecular formula is C18H36. The average molecular weight is 252 g/mol. The molecule has 0 nitrogen and oxygen atoms in total. The summed E-state index contributed by atoms with van der Waals surface area (Å²) in [5, 5.41) is 0. The highest BCUT2D eigenvalue weighted by molar-refractivity contribution is 4.74. The predicted molar refractivity (Wildman–Crippen MR) is 83.0 cm³/mol. The highest BCUT2D eigenvalue weighted by atomic mass is 14.3. The van der Waals surface area contributed by atoms with Crippen molar-refractivity contribution in [3.63, 3.8) is 0 Å². The number of hydrogen-bond donors (Lipinski definition) is 0. The number of unbranched alkanes of at least 4 members (excludes halogenated alkanes) is 5. The van der Waals surface area contributed by atoms with Gasteiger partial charge >= 0.3 is 0 Å². The van der Waals surface area contributed by atoms with Gasteiger partial charge in [-0.15, -0.1) is 0 Å². The molecule has 0 N–H and O–H groups in total. The molecule has 0 spiro atoms. The van der Waals surface area contributed by atoms with Crippen LogP contribution in [0.5, 0.6) is 0 Å². The fourth-order valence-electron chi connectivity index (χ4n) is 3.71. The Morgan fingerprint density at radius 1 is 0.722 bits per heavy atom. The standard InChI is InChI=1S/C18H36/c1-3-5-7-10-14-17(13-9-6-4-2)18-15-11-8-12-16-18/h17-18H,3-16H2,1-2H3. The lowest BCUT2D eigenvalue weighted by atomic mass is 9.75. The first-order valence-electron chi connectivity index (χ1n) is 8.88. The summed E-state index contributed by atoms with van der Waals surface area (Å²) in [6.45, 7) is 4.65. The van der Waals surface area contributed by atoms with Crippen LogP contribution in [0.3, 0.4) is 0 Å². The molecule has 1 rings (SSSR count). The molecule has 0 radical (unpaired) electrons. The van der Waals surface area contributed by atoms with Crippen LogP contribution in [0.15, 0.2) is 0 Å². The smallest absolute Gasteiger partial charge is 0.0386 e. The molecule has 1 saturated carbocycles. The minimum Gasteiger partial charge on any atom is -0.0654 e. The third-order valence-electron chi connectivity index (χ3n) is 4.92. The first kappa shape index (κ1) is 16.1. The second kappa shape index (κ2) is 10.9. The molecule has 0 saturated heterocycles. The van der Waals surface area contributed by atoms with E-state index in [1.165, 1.54) is 77.0 Å². The Morgan fingerprint density at radius 3 is 1.89 bits per heavy atom. The van der Waals surface area contributed by atoms with Crippen LogP contribution >= 0.6 is 0 Å². The van der Waals surface area contributed by atoms with Gasteiger partial charge in [-0.25, -0.2) is 0 Å². The third-order valence-corrected chi connectivity index (χ3v) is 4.92. The molecule has 1 unspecified atom stereocenters. The molecular weight excluding hydrogens is 216 g/mol. The van der Waals surface area contributed by atoms with Gasteiger partial charge in [-0.05, 0) is 11.8 Å². The molecule has 1 fully saturated rings. The molecule has 0 aromatic heterocycles. The first-order valence-corrected chi connectivity index (χ1v) is 8.88. The summed E-state index contributed by atoms with van der Waals surface area (Å²) in [6.07, 6.45) is 20.8. The zero-order valence-electron chi connectivity index (χ0n) is 13.1. The van der Waals surface area contributed by atoms with E-state index >= 15 is 0 Å². The Balaban J connectivity index is 2.25. The van der Waals surface area contributed by atoms with Gasteiger partial charge < -0.3 is 0 Å². The third kappa shape index (κ3) is 6.81. The lowest BCUT2D eigenvalue weighted by Gasteiger charge is -2.30. The second-order valence-electron chi connectivity index (χ2n) is 6.50. The minimum atomic E-state index is 1.08. The van der Waals surface area contributed by atoms with E-state index in [1.807, 2.05) is 0 Å². The lowest BCUT2D eigenvalue weighted by molar-refractivity contribution is 0.215. The van der Waals surface area contributed by atoms with E-state index in [-0.39, 0.29) is 0 Å². The van der Waals surface area contributed by atoms with Crippen LogP contribution in [-0.4, -0.2) is 0 Å². The molecule has 1 atom stereocenters. The van der Waals surface area contributed by atoms with Crippen molar-refractivity contribution in [2.75, 3.05) is 0 Å². The molecule has 1 aliphatic carbocycles. The van der Waals surface area contributed by atoms with E-state index in [4.69, 9.17) is 0 Å². The number of hydrogen-bond acceptors (Lipinski definition) is 0. The van der Waals surface area contributed by atoms with E-state index in [2.05, 4.69) is 13.8 Å². The van der Waals surface area contributed by atoms with Crippen molar-refractivity contribution < 1.29 is 0 Å². The van der Waals surface area contributed by atoms with Crippen LogP contribution in [0.2, 0.25) is 0 Å². The summed E-state index contributed by atoms with van der Waals surface area (Å²) in [6, 6.07) is 0. The Labute approximate surface area is 116 Å². The Morgan fingerprint density at radius 2 is 1.28 bits per heavy atom. The van der Waals surface area contributed by atoms with E-state index in [9.17, 15) is 0 Å². The van der Waals surface area contributed by atoms with Gasteiger partial charge in [0.25, 0.3) is 0 Å². The highest BCUT2D eigenvalue weighted by Gasteiger charge is 2.22. The van der Waals surface area contributed by atoms with Crippen molar-refractivity contribution in [3.8, 4) is 0 Å².